The Kier molecular flexibility index (Phi) is 28.5. The molecule has 2 saturated heterocycles. The first-order valence-corrected chi connectivity index (χ1v) is 30.8. The van der Waals surface area contributed by atoms with Crippen LogP contribution in [0.2, 0.25) is 0 Å². The van der Waals surface area contributed by atoms with Gasteiger partial charge in [-0.2, -0.15) is 0 Å². The number of halogens is 2. The number of nitrogens with zero attached hydrogens (tertiary/aromatic N) is 6. The largest absolute Gasteiger partial charge is 0.776 e. The van der Waals surface area contributed by atoms with E-state index in [4.69, 9.17) is 52.6 Å². The zero-order valence-electron chi connectivity index (χ0n) is 43.6. The van der Waals surface area contributed by atoms with E-state index in [-0.39, 0.29) is 5.82 Å². The molecule has 68 heavy (non-hydrogen) atoms. The molecular formula is C47H91Cl2N7O9P2S. The van der Waals surface area contributed by atoms with Crippen LogP contribution in [0.1, 0.15) is 178 Å². The summed E-state index contributed by atoms with van der Waals surface area (Å²) in [6, 6.07) is 0. The molecule has 0 radical (unpaired) electrons. The van der Waals surface area contributed by atoms with E-state index in [2.05, 4.69) is 70.3 Å². The molecule has 2 unspecified atom stereocenters. The van der Waals surface area contributed by atoms with Gasteiger partial charge in [0, 0.05) is 0 Å². The standard InChI is InChI=1S/2C16H36N.C15H21Cl2N5O9P2S/c2*1-5-9-13-17(14-10-6-2,15-11-7-3)16-12-8-4;1-14(2)30-8-6(4-28-33(26,27)15(16,17)32(23,24)25)29-12(9(8)31-14)22-5-19-7-10(18)20-13(34-3)21-11(7)22/h2*5-16H2,1-4H3;5-6,8-9,12H,4H2,1-3H3,(H,26,27)(H2,18,20,21)(H2,23,24,25)/q2*+1;/p-2/t;;6-,8-,9-,12-/m..1/s1. The predicted octanol–water partition coefficient (Wildman–Crippen LogP) is 10.8. The van der Waals surface area contributed by atoms with Gasteiger partial charge in [-0.25, -0.2) is 15.0 Å². The fraction of sp³-hybridized carbons (Fsp3) is 0.894. The minimum atomic E-state index is -5.74. The molecule has 2 aliphatic rings. The lowest BCUT2D eigenvalue weighted by molar-refractivity contribution is -0.929. The van der Waals surface area contributed by atoms with Gasteiger partial charge in [0.1, 0.15) is 23.8 Å². The van der Waals surface area contributed by atoms with Gasteiger partial charge in [0.25, 0.3) is 0 Å². The van der Waals surface area contributed by atoms with Crippen molar-refractivity contribution in [3.05, 3.63) is 6.33 Å². The summed E-state index contributed by atoms with van der Waals surface area (Å²) >= 11 is 12.0. The Bertz CT molecular complexity index is 1720. The Morgan fingerprint density at radius 2 is 1.13 bits per heavy atom. The highest BCUT2D eigenvalue weighted by Gasteiger charge is 2.57. The van der Waals surface area contributed by atoms with Gasteiger partial charge < -0.3 is 57.2 Å². The molecular weight excluding hydrogens is 971 g/mol. The molecule has 4 rings (SSSR count). The van der Waals surface area contributed by atoms with Gasteiger partial charge in [0.15, 0.2) is 43.8 Å². The fourth-order valence-corrected chi connectivity index (χ4v) is 11.5. The van der Waals surface area contributed by atoms with E-state index in [0.29, 0.717) is 16.3 Å². The lowest BCUT2D eigenvalue weighted by Gasteiger charge is -2.40. The first-order chi connectivity index (χ1) is 32.1. The summed E-state index contributed by atoms with van der Waals surface area (Å²) in [6.45, 7) is 32.6. The summed E-state index contributed by atoms with van der Waals surface area (Å²) < 4.78 is 47.0. The fourth-order valence-electron chi connectivity index (χ4n) is 8.91. The number of hydrogen-bond donors (Lipinski definition) is 2. The minimum Gasteiger partial charge on any atom is -0.776 e. The van der Waals surface area contributed by atoms with Crippen molar-refractivity contribution in [2.24, 2.45) is 0 Å². The zero-order valence-corrected chi connectivity index (χ0v) is 47.7. The smallest absolute Gasteiger partial charge is 0.243 e. The van der Waals surface area contributed by atoms with E-state index >= 15 is 0 Å². The quantitative estimate of drug-likeness (QED) is 0.0237. The van der Waals surface area contributed by atoms with Crippen LogP contribution in [0.3, 0.4) is 0 Å². The second-order valence-electron chi connectivity index (χ2n) is 19.2. The number of thioether (sulfide) groups is 1. The highest BCUT2D eigenvalue weighted by atomic mass is 35.5. The van der Waals surface area contributed by atoms with Crippen LogP contribution in [-0.4, -0.2) is 127 Å². The number of imidazole rings is 1. The van der Waals surface area contributed by atoms with Gasteiger partial charge in [-0.05, 0) is 71.5 Å². The first-order valence-electron chi connectivity index (χ1n) is 25.7. The van der Waals surface area contributed by atoms with Crippen molar-refractivity contribution in [3.8, 4) is 0 Å². The number of hydrogen-bond acceptors (Lipinski definition) is 13. The van der Waals surface area contributed by atoms with Gasteiger partial charge in [-0.15, -0.1) is 0 Å². The number of alkyl halides is 2. The van der Waals surface area contributed by atoms with Gasteiger partial charge in [-0.1, -0.05) is 142 Å². The van der Waals surface area contributed by atoms with Gasteiger partial charge in [-0.3, -0.25) is 4.57 Å². The Morgan fingerprint density at radius 1 is 0.750 bits per heavy atom. The molecule has 21 heteroatoms. The number of anilines is 1. The summed E-state index contributed by atoms with van der Waals surface area (Å²) in [7, 11) is -11.3. The van der Waals surface area contributed by atoms with E-state index in [1.807, 2.05) is 0 Å². The molecule has 0 bridgehead atoms. The Labute approximate surface area is 424 Å². The zero-order chi connectivity index (χ0) is 51.2. The summed E-state index contributed by atoms with van der Waals surface area (Å²) in [4.78, 5) is 45.5. The molecule has 0 spiro atoms. The van der Waals surface area contributed by atoms with E-state index in [1.165, 1.54) is 182 Å². The predicted molar refractivity (Wildman–Crippen MR) is 276 cm³/mol. The molecule has 2 aromatic heterocycles. The van der Waals surface area contributed by atoms with Crippen molar-refractivity contribution in [1.82, 2.24) is 19.5 Å². The number of aromatic nitrogens is 4. The third-order valence-electron chi connectivity index (χ3n) is 13.0. The first kappa shape index (κ1) is 63.5. The van der Waals surface area contributed by atoms with Crippen LogP contribution in [-0.2, 0) is 27.9 Å². The van der Waals surface area contributed by atoms with Crippen molar-refractivity contribution in [2.45, 2.75) is 211 Å². The second-order valence-corrected chi connectivity index (χ2v) is 26.3. The molecule has 3 N–H and O–H groups in total. The maximum absolute atomic E-state index is 12.3. The van der Waals surface area contributed by atoms with Crippen LogP contribution in [0.4, 0.5) is 5.82 Å². The molecule has 2 aliphatic heterocycles. The van der Waals surface area contributed by atoms with Crippen molar-refractivity contribution in [1.29, 1.82) is 0 Å². The number of fused-ring (bicyclic) bond motifs is 2. The highest BCUT2D eigenvalue weighted by Crippen LogP contribution is 2.72. The number of rotatable bonds is 31. The lowest BCUT2D eigenvalue weighted by atomic mass is 10.1. The maximum Gasteiger partial charge on any atom is 0.243 e. The van der Waals surface area contributed by atoms with Crippen LogP contribution >= 0.6 is 50.2 Å². The van der Waals surface area contributed by atoms with Crippen molar-refractivity contribution in [3.63, 3.8) is 0 Å². The summed E-state index contributed by atoms with van der Waals surface area (Å²) in [5, 5.41) is 0.393. The van der Waals surface area contributed by atoms with Crippen LogP contribution < -0.4 is 15.5 Å². The average molecular weight is 1060 g/mol. The van der Waals surface area contributed by atoms with E-state index in [0.717, 1.165) is 0 Å². The third-order valence-corrected chi connectivity index (χ3v) is 19.4. The average Bonchev–Trinajstić information content (AvgIpc) is 3.97. The van der Waals surface area contributed by atoms with E-state index in [9.17, 15) is 18.9 Å². The Balaban J connectivity index is 0.000000395. The minimum absolute atomic E-state index is 0.158. The monoisotopic (exact) mass is 1060 g/mol. The van der Waals surface area contributed by atoms with Gasteiger partial charge in [0.2, 0.25) is 3.82 Å². The maximum atomic E-state index is 12.3. The highest BCUT2D eigenvalue weighted by molar-refractivity contribution is 7.98. The molecule has 4 heterocycles. The normalized spacial score (nSPS) is 21.1. The topological polar surface area (TPSA) is 207 Å². The number of ether oxygens (including phenoxy) is 3. The summed E-state index contributed by atoms with van der Waals surface area (Å²) in [5.74, 6) is -0.908. The van der Waals surface area contributed by atoms with Crippen LogP contribution in [0.5, 0.6) is 0 Å². The summed E-state index contributed by atoms with van der Waals surface area (Å²) in [5.41, 5.74) is 6.64. The van der Waals surface area contributed by atoms with Crippen molar-refractivity contribution < 1.29 is 51.5 Å². The molecule has 398 valence electrons. The van der Waals surface area contributed by atoms with Gasteiger partial charge in [0.05, 0.1) is 65.3 Å². The third kappa shape index (κ3) is 18.7. The molecule has 6 atom stereocenters. The van der Waals surface area contributed by atoms with E-state index in [1.54, 1.807) is 24.7 Å². The van der Waals surface area contributed by atoms with Crippen LogP contribution in [0.25, 0.3) is 11.2 Å². The SMILES string of the molecule is CCCC[N+](CCCC)(CCCC)CCCC.CCCC[N+](CCCC)(CCCC)CCCC.CSc1nc(N)c2ncn([C@@H]3O[C@H](COP(=O)([O-])C(Cl)(Cl)P(=O)([O-])O)[C@H]4OC(C)(C)O[C@H]43)c2n1. The van der Waals surface area contributed by atoms with E-state index < -0.39 is 55.9 Å². The number of nitrogen functional groups attached to an aromatic ring is 1. The van der Waals surface area contributed by atoms with Crippen molar-refractivity contribution >= 4 is 67.1 Å². The molecule has 16 nitrogen and oxygen atoms in total. The Hall–Kier alpha value is -0.620. The van der Waals surface area contributed by atoms with Crippen molar-refractivity contribution in [2.75, 3.05) is 71.0 Å². The molecule has 0 saturated carbocycles. The van der Waals surface area contributed by atoms with Crippen LogP contribution in [0.15, 0.2) is 11.5 Å². The molecule has 0 aliphatic carbocycles. The number of unbranched alkanes of at least 4 members (excludes halogenated alkanes) is 8. The van der Waals surface area contributed by atoms with Crippen LogP contribution in [0, 0.1) is 0 Å². The summed E-state index contributed by atoms with van der Waals surface area (Å²) in [6.07, 6.45) is 21.7. The molecule has 0 amide bonds. The molecule has 0 aromatic carbocycles. The molecule has 2 aromatic rings. The molecule has 2 fully saturated rings. The second kappa shape index (κ2) is 30.5. The number of nitrogens with two attached hydrogens (primary N) is 1. The Morgan fingerprint density at radius 3 is 1.49 bits per heavy atom. The van der Waals surface area contributed by atoms with Gasteiger partial charge >= 0.3 is 0 Å². The number of quaternary nitrogens is 2. The lowest BCUT2D eigenvalue weighted by Crippen LogP contribution is -2.50.